The van der Waals surface area contributed by atoms with E-state index in [1.165, 1.54) is 17.2 Å². The van der Waals surface area contributed by atoms with Gasteiger partial charge in [-0.25, -0.2) is 9.48 Å². The van der Waals surface area contributed by atoms with Crippen LogP contribution < -0.4 is 16.2 Å². The molecule has 4 rings (SSSR count). The van der Waals surface area contributed by atoms with E-state index in [0.29, 0.717) is 24.5 Å². The van der Waals surface area contributed by atoms with Gasteiger partial charge >= 0.3 is 6.09 Å². The molecule has 2 amide bonds. The van der Waals surface area contributed by atoms with E-state index in [1.807, 2.05) is 30.3 Å². The molecule has 0 spiro atoms. The number of nitrogens with one attached hydrogen (secondary N) is 2. The highest BCUT2D eigenvalue weighted by molar-refractivity contribution is 5.84. The highest BCUT2D eigenvalue weighted by atomic mass is 16.5. The van der Waals surface area contributed by atoms with E-state index in [9.17, 15) is 14.4 Å². The fourth-order valence-electron chi connectivity index (χ4n) is 4.34. The Morgan fingerprint density at radius 2 is 1.76 bits per heavy atom. The molecule has 194 valence electrons. The van der Waals surface area contributed by atoms with Crippen molar-refractivity contribution >= 4 is 17.7 Å². The number of piperidine rings is 1. The summed E-state index contributed by atoms with van der Waals surface area (Å²) in [6.45, 7) is 5.10. The van der Waals surface area contributed by atoms with Crippen molar-refractivity contribution in [3.63, 3.8) is 0 Å². The minimum atomic E-state index is -0.528. The maximum absolute atomic E-state index is 12.5. The Bertz CT molecular complexity index is 1280. The zero-order valence-electron chi connectivity index (χ0n) is 21.1. The summed E-state index contributed by atoms with van der Waals surface area (Å²) in [7, 11) is 0. The summed E-state index contributed by atoms with van der Waals surface area (Å²) < 4.78 is 6.31. The smallest absolute Gasteiger partial charge is 0.411 e. The molecule has 2 N–H and O–H groups in total. The predicted octanol–water partition coefficient (Wildman–Crippen LogP) is 3.63. The van der Waals surface area contributed by atoms with Crippen LogP contribution in [-0.2, 0) is 22.6 Å². The largest absolute Gasteiger partial charge is 0.450 e. The molecule has 1 aliphatic heterocycles. The van der Waals surface area contributed by atoms with Gasteiger partial charge in [-0.05, 0) is 68.2 Å². The molecule has 0 unspecified atom stereocenters. The molecule has 1 fully saturated rings. The maximum atomic E-state index is 12.5. The van der Waals surface area contributed by atoms with E-state index in [0.717, 1.165) is 42.6 Å². The first-order valence-corrected chi connectivity index (χ1v) is 12.7. The van der Waals surface area contributed by atoms with Crippen LogP contribution >= 0.6 is 0 Å². The number of ether oxygens (including phenoxy) is 1. The third kappa shape index (κ3) is 7.75. The zero-order chi connectivity index (χ0) is 26.0. The molecular formula is C28H33N5O4. The van der Waals surface area contributed by atoms with Gasteiger partial charge in [0, 0.05) is 23.9 Å². The number of aromatic nitrogens is 2. The minimum absolute atomic E-state index is 0.0265. The van der Waals surface area contributed by atoms with Crippen LogP contribution in [0.15, 0.2) is 65.5 Å². The van der Waals surface area contributed by atoms with Crippen LogP contribution in [0.4, 0.5) is 10.5 Å². The summed E-state index contributed by atoms with van der Waals surface area (Å²) >= 11 is 0. The molecule has 1 saturated heterocycles. The van der Waals surface area contributed by atoms with Crippen LogP contribution in [-0.4, -0.2) is 52.9 Å². The van der Waals surface area contributed by atoms with Gasteiger partial charge < -0.3 is 10.1 Å². The van der Waals surface area contributed by atoms with Crippen LogP contribution in [0.5, 0.6) is 0 Å². The van der Waals surface area contributed by atoms with Gasteiger partial charge in [0.25, 0.3) is 5.56 Å². The summed E-state index contributed by atoms with van der Waals surface area (Å²) in [4.78, 5) is 38.8. The van der Waals surface area contributed by atoms with E-state index >= 15 is 0 Å². The van der Waals surface area contributed by atoms with Gasteiger partial charge in [0.05, 0.1) is 25.4 Å². The summed E-state index contributed by atoms with van der Waals surface area (Å²) in [5.41, 5.74) is 3.63. The van der Waals surface area contributed by atoms with Gasteiger partial charge in [-0.3, -0.25) is 19.8 Å². The maximum Gasteiger partial charge on any atom is 0.411 e. The van der Waals surface area contributed by atoms with Crippen LogP contribution in [0.25, 0.3) is 11.3 Å². The molecule has 37 heavy (non-hydrogen) atoms. The summed E-state index contributed by atoms with van der Waals surface area (Å²) in [6.07, 6.45) is 3.02. The van der Waals surface area contributed by atoms with Crippen LogP contribution in [0.3, 0.4) is 0 Å². The third-order valence-electron chi connectivity index (χ3n) is 6.18. The van der Waals surface area contributed by atoms with Gasteiger partial charge in [-0.1, -0.05) is 36.8 Å². The Morgan fingerprint density at radius 3 is 2.57 bits per heavy atom. The van der Waals surface area contributed by atoms with Crippen molar-refractivity contribution < 1.29 is 14.3 Å². The monoisotopic (exact) mass is 503 g/mol. The molecule has 0 aliphatic carbocycles. The lowest BCUT2D eigenvalue weighted by molar-refractivity contribution is -0.122. The quantitative estimate of drug-likeness (QED) is 0.462. The number of carbonyl (C=O) groups excluding carboxylic acids is 2. The topological polar surface area (TPSA) is 106 Å². The number of amides is 2. The molecule has 9 heteroatoms. The number of likely N-dealkylation sites (tertiary alicyclic amines) is 1. The van der Waals surface area contributed by atoms with Crippen LogP contribution in [0, 0.1) is 0 Å². The first-order valence-electron chi connectivity index (χ1n) is 12.7. The minimum Gasteiger partial charge on any atom is -0.450 e. The standard InChI is InChI=1S/C28H33N5O4/c1-2-37-28(36)30-24-11-7-9-22(17-24)19-33-27(35)13-12-25(31-33)23-10-6-8-21(16-23)18-29-26(34)20-32-14-4-3-5-15-32/h6-13,16-17H,2-5,14-15,18-20H2,1H3,(H,29,34)(H,30,36). The Labute approximate surface area is 216 Å². The second-order valence-electron chi connectivity index (χ2n) is 9.07. The molecular weight excluding hydrogens is 470 g/mol. The number of hydrogen-bond donors (Lipinski definition) is 2. The third-order valence-corrected chi connectivity index (χ3v) is 6.18. The van der Waals surface area contributed by atoms with E-state index in [-0.39, 0.29) is 24.6 Å². The molecule has 2 heterocycles. The Morgan fingerprint density at radius 1 is 0.973 bits per heavy atom. The Kier molecular flexibility index (Phi) is 9.04. The van der Waals surface area contributed by atoms with Crippen molar-refractivity contribution in [3.8, 4) is 11.3 Å². The second kappa shape index (κ2) is 12.8. The number of carbonyl (C=O) groups is 2. The molecule has 0 radical (unpaired) electrons. The molecule has 3 aromatic rings. The second-order valence-corrected chi connectivity index (χ2v) is 9.07. The Balaban J connectivity index is 1.42. The fraction of sp³-hybridized carbons (Fsp3) is 0.357. The van der Waals surface area contributed by atoms with Crippen LogP contribution in [0.2, 0.25) is 0 Å². The van der Waals surface area contributed by atoms with Crippen LogP contribution in [0.1, 0.15) is 37.3 Å². The number of benzene rings is 2. The lowest BCUT2D eigenvalue weighted by atomic mass is 10.1. The van der Waals surface area contributed by atoms with Gasteiger partial charge in [0.2, 0.25) is 5.91 Å². The Hall–Kier alpha value is -3.98. The first kappa shape index (κ1) is 26.1. The van der Waals surface area contributed by atoms with Crippen molar-refractivity contribution in [2.24, 2.45) is 0 Å². The van der Waals surface area contributed by atoms with Gasteiger partial charge in [-0.15, -0.1) is 0 Å². The van der Waals surface area contributed by atoms with Crippen molar-refractivity contribution in [2.45, 2.75) is 39.3 Å². The normalized spacial score (nSPS) is 13.6. The predicted molar refractivity (Wildman–Crippen MR) is 142 cm³/mol. The zero-order valence-corrected chi connectivity index (χ0v) is 21.1. The molecule has 1 aliphatic rings. The van der Waals surface area contributed by atoms with Gasteiger partial charge in [0.1, 0.15) is 0 Å². The SMILES string of the molecule is CCOC(=O)Nc1cccc(Cn2nc(-c3cccc(CNC(=O)CN4CCCCC4)c3)ccc2=O)c1. The lowest BCUT2D eigenvalue weighted by Gasteiger charge is -2.25. The average Bonchev–Trinajstić information content (AvgIpc) is 2.90. The number of nitrogens with zero attached hydrogens (tertiary/aromatic N) is 3. The van der Waals surface area contributed by atoms with Crippen molar-refractivity contribution in [1.29, 1.82) is 0 Å². The summed E-state index contributed by atoms with van der Waals surface area (Å²) in [5, 5.41) is 10.2. The molecule has 2 aromatic carbocycles. The first-order chi connectivity index (χ1) is 18.0. The van der Waals surface area contributed by atoms with Gasteiger partial charge in [0.15, 0.2) is 0 Å². The van der Waals surface area contributed by atoms with E-state index in [4.69, 9.17) is 4.74 Å². The van der Waals surface area contributed by atoms with Crippen molar-refractivity contribution in [2.75, 3.05) is 31.6 Å². The average molecular weight is 504 g/mol. The lowest BCUT2D eigenvalue weighted by Crippen LogP contribution is -2.39. The summed E-state index contributed by atoms with van der Waals surface area (Å²) in [5.74, 6) is 0.0265. The van der Waals surface area contributed by atoms with E-state index in [1.54, 1.807) is 31.2 Å². The fourth-order valence-corrected chi connectivity index (χ4v) is 4.34. The molecule has 0 atom stereocenters. The van der Waals surface area contributed by atoms with E-state index < -0.39 is 6.09 Å². The highest BCUT2D eigenvalue weighted by Crippen LogP contribution is 2.18. The van der Waals surface area contributed by atoms with Gasteiger partial charge in [-0.2, -0.15) is 5.10 Å². The van der Waals surface area contributed by atoms with Crippen molar-refractivity contribution in [1.82, 2.24) is 20.0 Å². The van der Waals surface area contributed by atoms with Crippen molar-refractivity contribution in [3.05, 3.63) is 82.1 Å². The number of hydrogen-bond acceptors (Lipinski definition) is 6. The highest BCUT2D eigenvalue weighted by Gasteiger charge is 2.14. The molecule has 0 bridgehead atoms. The molecule has 1 aromatic heterocycles. The van der Waals surface area contributed by atoms with E-state index in [2.05, 4.69) is 20.6 Å². The summed E-state index contributed by atoms with van der Waals surface area (Å²) in [6, 6.07) is 18.2. The molecule has 0 saturated carbocycles. The molecule has 9 nitrogen and oxygen atoms in total. The number of rotatable bonds is 9. The number of anilines is 1.